The maximum atomic E-state index is 12.7. The summed E-state index contributed by atoms with van der Waals surface area (Å²) in [6.07, 6.45) is 2.44. The third-order valence-electron chi connectivity index (χ3n) is 5.55. The molecule has 0 aliphatic heterocycles. The number of anilines is 1. The van der Waals surface area contributed by atoms with Gasteiger partial charge in [-0.25, -0.2) is 4.98 Å². The van der Waals surface area contributed by atoms with Crippen LogP contribution in [0.2, 0.25) is 0 Å². The van der Waals surface area contributed by atoms with Crippen LogP contribution in [-0.4, -0.2) is 39.6 Å². The second kappa shape index (κ2) is 9.30. The number of hydrogen-bond acceptors (Lipinski definition) is 5. The number of fused-ring (bicyclic) bond motifs is 1. The number of aryl methyl sites for hydroxylation is 2. The average Bonchev–Trinajstić information content (AvgIpc) is 3.33. The Morgan fingerprint density at radius 2 is 1.85 bits per heavy atom. The molecule has 0 spiro atoms. The molecule has 0 saturated carbocycles. The molecule has 0 bridgehead atoms. The SMILES string of the molecule is CCCOc1c(C(N)=O)cn(C)c1-c1nc2cc(NC(=O)c3ccc(OC)cc3)ccc2n1C. The van der Waals surface area contributed by atoms with Crippen LogP contribution in [0.25, 0.3) is 22.6 Å². The maximum Gasteiger partial charge on any atom is 0.255 e. The van der Waals surface area contributed by atoms with E-state index in [1.54, 1.807) is 42.1 Å². The zero-order valence-corrected chi connectivity index (χ0v) is 19.6. The molecule has 2 heterocycles. The van der Waals surface area contributed by atoms with Crippen molar-refractivity contribution in [2.24, 2.45) is 19.8 Å². The molecule has 2 aromatic heterocycles. The summed E-state index contributed by atoms with van der Waals surface area (Å²) in [6, 6.07) is 12.4. The molecule has 3 N–H and O–H groups in total. The fraction of sp³-hybridized carbons (Fsp3) is 0.240. The number of ether oxygens (including phenoxy) is 2. The fourth-order valence-corrected chi connectivity index (χ4v) is 3.82. The monoisotopic (exact) mass is 461 g/mol. The summed E-state index contributed by atoms with van der Waals surface area (Å²) in [5, 5.41) is 2.91. The summed E-state index contributed by atoms with van der Waals surface area (Å²) in [5.74, 6) is 0.927. The Morgan fingerprint density at radius 1 is 1.12 bits per heavy atom. The smallest absolute Gasteiger partial charge is 0.255 e. The number of rotatable bonds is 8. The van der Waals surface area contributed by atoms with Crippen LogP contribution in [0.15, 0.2) is 48.7 Å². The Kier molecular flexibility index (Phi) is 6.27. The van der Waals surface area contributed by atoms with Gasteiger partial charge < -0.3 is 29.7 Å². The Bertz CT molecular complexity index is 1370. The van der Waals surface area contributed by atoms with Crippen LogP contribution in [0.3, 0.4) is 0 Å². The van der Waals surface area contributed by atoms with Crippen LogP contribution < -0.4 is 20.5 Å². The summed E-state index contributed by atoms with van der Waals surface area (Å²) < 4.78 is 14.8. The molecule has 0 unspecified atom stereocenters. The summed E-state index contributed by atoms with van der Waals surface area (Å²) >= 11 is 0. The van der Waals surface area contributed by atoms with Crippen molar-refractivity contribution >= 4 is 28.5 Å². The van der Waals surface area contributed by atoms with Crippen molar-refractivity contribution in [3.05, 3.63) is 59.8 Å². The first-order valence-electron chi connectivity index (χ1n) is 10.9. The minimum atomic E-state index is -0.560. The molecular weight excluding hydrogens is 434 g/mol. The van der Waals surface area contributed by atoms with Gasteiger partial charge >= 0.3 is 0 Å². The number of nitrogens with two attached hydrogens (primary N) is 1. The molecule has 0 saturated heterocycles. The van der Waals surface area contributed by atoms with Crippen molar-refractivity contribution in [1.82, 2.24) is 14.1 Å². The van der Waals surface area contributed by atoms with E-state index in [1.807, 2.05) is 43.8 Å². The number of nitrogens with zero attached hydrogens (tertiary/aromatic N) is 3. The van der Waals surface area contributed by atoms with E-state index < -0.39 is 5.91 Å². The van der Waals surface area contributed by atoms with Crippen LogP contribution in [-0.2, 0) is 14.1 Å². The molecule has 0 atom stereocenters. The number of amides is 2. The van der Waals surface area contributed by atoms with Gasteiger partial charge in [-0.3, -0.25) is 9.59 Å². The molecule has 0 radical (unpaired) electrons. The van der Waals surface area contributed by atoms with Crippen molar-refractivity contribution < 1.29 is 19.1 Å². The zero-order valence-electron chi connectivity index (χ0n) is 19.6. The van der Waals surface area contributed by atoms with E-state index >= 15 is 0 Å². The highest BCUT2D eigenvalue weighted by Crippen LogP contribution is 2.36. The number of imidazole rings is 1. The van der Waals surface area contributed by atoms with E-state index in [1.165, 1.54) is 0 Å². The van der Waals surface area contributed by atoms with Crippen LogP contribution in [0.4, 0.5) is 5.69 Å². The van der Waals surface area contributed by atoms with E-state index in [0.29, 0.717) is 52.0 Å². The molecule has 34 heavy (non-hydrogen) atoms. The molecule has 176 valence electrons. The number of carbonyl (C=O) groups excluding carboxylic acids is 2. The van der Waals surface area contributed by atoms with E-state index in [0.717, 1.165) is 11.9 Å². The van der Waals surface area contributed by atoms with Gasteiger partial charge in [-0.15, -0.1) is 0 Å². The minimum Gasteiger partial charge on any atom is -0.497 e. The Hall–Kier alpha value is -4.27. The third-order valence-corrected chi connectivity index (χ3v) is 5.55. The Balaban J connectivity index is 1.70. The lowest BCUT2D eigenvalue weighted by atomic mass is 10.2. The van der Waals surface area contributed by atoms with Gasteiger partial charge in [0, 0.05) is 31.5 Å². The molecule has 0 fully saturated rings. The normalized spacial score (nSPS) is 10.9. The standard InChI is InChI=1S/C25H27N5O4/c1-5-12-34-22-18(23(26)31)14-29(2)21(22)24-28-19-13-16(8-11-20(19)30(24)3)27-25(32)15-6-9-17(33-4)10-7-15/h6-11,13-14H,5,12H2,1-4H3,(H2,26,31)(H,27,32). The molecule has 9 nitrogen and oxygen atoms in total. The summed E-state index contributed by atoms with van der Waals surface area (Å²) in [7, 11) is 5.29. The first-order valence-corrected chi connectivity index (χ1v) is 10.9. The van der Waals surface area contributed by atoms with Gasteiger partial charge in [0.05, 0.1) is 30.3 Å². The minimum absolute atomic E-state index is 0.234. The summed E-state index contributed by atoms with van der Waals surface area (Å²) in [6.45, 7) is 2.44. The largest absolute Gasteiger partial charge is 0.497 e. The van der Waals surface area contributed by atoms with Gasteiger partial charge in [-0.1, -0.05) is 6.92 Å². The Morgan fingerprint density at radius 3 is 2.50 bits per heavy atom. The van der Waals surface area contributed by atoms with E-state index in [2.05, 4.69) is 5.32 Å². The Labute approximate surface area is 197 Å². The molecule has 0 aliphatic carbocycles. The van der Waals surface area contributed by atoms with E-state index in [4.69, 9.17) is 20.2 Å². The lowest BCUT2D eigenvalue weighted by Gasteiger charge is -2.10. The van der Waals surface area contributed by atoms with Crippen LogP contribution in [0.1, 0.15) is 34.1 Å². The van der Waals surface area contributed by atoms with E-state index in [-0.39, 0.29) is 5.91 Å². The summed E-state index contributed by atoms with van der Waals surface area (Å²) in [5.41, 5.74) is 9.23. The van der Waals surface area contributed by atoms with Gasteiger partial charge in [-0.05, 0) is 48.9 Å². The maximum absolute atomic E-state index is 12.7. The number of methoxy groups -OCH3 is 1. The fourth-order valence-electron chi connectivity index (χ4n) is 3.82. The number of nitrogens with one attached hydrogen (secondary N) is 1. The van der Waals surface area contributed by atoms with Crippen molar-refractivity contribution in [2.45, 2.75) is 13.3 Å². The highest BCUT2D eigenvalue weighted by molar-refractivity contribution is 6.05. The first kappa shape index (κ1) is 22.9. The highest BCUT2D eigenvalue weighted by atomic mass is 16.5. The highest BCUT2D eigenvalue weighted by Gasteiger charge is 2.24. The topological polar surface area (TPSA) is 113 Å². The number of hydrogen-bond donors (Lipinski definition) is 2. The molecule has 4 aromatic rings. The second-order valence-electron chi connectivity index (χ2n) is 7.92. The molecule has 9 heteroatoms. The quantitative estimate of drug-likeness (QED) is 0.415. The number of benzene rings is 2. The molecule has 2 amide bonds. The second-order valence-corrected chi connectivity index (χ2v) is 7.92. The molecule has 2 aromatic carbocycles. The van der Waals surface area contributed by atoms with Crippen LogP contribution >= 0.6 is 0 Å². The third kappa shape index (κ3) is 4.19. The van der Waals surface area contributed by atoms with Gasteiger partial charge in [0.2, 0.25) is 0 Å². The lowest BCUT2D eigenvalue weighted by Crippen LogP contribution is -2.12. The van der Waals surface area contributed by atoms with Crippen molar-refractivity contribution in [2.75, 3.05) is 19.0 Å². The van der Waals surface area contributed by atoms with E-state index in [9.17, 15) is 9.59 Å². The van der Waals surface area contributed by atoms with Crippen molar-refractivity contribution in [3.8, 4) is 23.0 Å². The number of aromatic nitrogens is 3. The molecule has 0 aliphatic rings. The number of carbonyl (C=O) groups is 2. The zero-order chi connectivity index (χ0) is 24.4. The molecular formula is C25H27N5O4. The van der Waals surface area contributed by atoms with Gasteiger partial charge in [-0.2, -0.15) is 0 Å². The number of primary amides is 1. The first-order chi connectivity index (χ1) is 16.3. The van der Waals surface area contributed by atoms with Crippen molar-refractivity contribution in [3.63, 3.8) is 0 Å². The van der Waals surface area contributed by atoms with Crippen molar-refractivity contribution in [1.29, 1.82) is 0 Å². The van der Waals surface area contributed by atoms with Crippen LogP contribution in [0, 0.1) is 0 Å². The summed E-state index contributed by atoms with van der Waals surface area (Å²) in [4.78, 5) is 29.4. The molecule has 4 rings (SSSR count). The van der Waals surface area contributed by atoms with Gasteiger partial charge in [0.15, 0.2) is 11.6 Å². The van der Waals surface area contributed by atoms with Gasteiger partial charge in [0.25, 0.3) is 11.8 Å². The average molecular weight is 462 g/mol. The lowest BCUT2D eigenvalue weighted by molar-refractivity contribution is 0.0994. The predicted molar refractivity (Wildman–Crippen MR) is 130 cm³/mol. The predicted octanol–water partition coefficient (Wildman–Crippen LogP) is 3.73. The van der Waals surface area contributed by atoms with Gasteiger partial charge in [0.1, 0.15) is 11.4 Å². The van der Waals surface area contributed by atoms with Crippen LogP contribution in [0.5, 0.6) is 11.5 Å².